The van der Waals surface area contributed by atoms with Gasteiger partial charge in [-0.15, -0.1) is 0 Å². The minimum absolute atomic E-state index is 0.0227. The van der Waals surface area contributed by atoms with Crippen LogP contribution in [0.1, 0.15) is 25.0 Å². The number of hydrogen-bond acceptors (Lipinski definition) is 5. The molecule has 2 aromatic carbocycles. The first kappa shape index (κ1) is 16.3. The standard InChI is InChI=1S/C17H16N2O4/c1-12(2)23-17-7-6-15(19(20)21)9-14(17)11-22-16-5-3-4-13(8-16)10-18/h3-9,12H,11H2,1-2H3. The van der Waals surface area contributed by atoms with E-state index in [0.717, 1.165) is 0 Å². The molecule has 0 aromatic heterocycles. The number of ether oxygens (including phenoxy) is 2. The summed E-state index contributed by atoms with van der Waals surface area (Å²) in [5, 5.41) is 19.8. The van der Waals surface area contributed by atoms with Gasteiger partial charge >= 0.3 is 0 Å². The van der Waals surface area contributed by atoms with Crippen LogP contribution in [0, 0.1) is 21.4 Å². The van der Waals surface area contributed by atoms with E-state index < -0.39 is 4.92 Å². The summed E-state index contributed by atoms with van der Waals surface area (Å²) in [6.07, 6.45) is -0.0582. The average molecular weight is 312 g/mol. The summed E-state index contributed by atoms with van der Waals surface area (Å²) in [6.45, 7) is 3.86. The SMILES string of the molecule is CC(C)Oc1ccc([N+](=O)[O-])cc1COc1cccc(C#N)c1. The molecule has 0 bridgehead atoms. The first-order chi connectivity index (χ1) is 11.0. The average Bonchev–Trinajstić information content (AvgIpc) is 2.53. The van der Waals surface area contributed by atoms with Crippen LogP contribution in [0.25, 0.3) is 0 Å². The number of nitriles is 1. The van der Waals surface area contributed by atoms with Gasteiger partial charge in [-0.1, -0.05) is 6.07 Å². The quantitative estimate of drug-likeness (QED) is 0.597. The van der Waals surface area contributed by atoms with Gasteiger partial charge in [0.2, 0.25) is 0 Å². The minimum Gasteiger partial charge on any atom is -0.491 e. The summed E-state index contributed by atoms with van der Waals surface area (Å²) in [4.78, 5) is 10.5. The van der Waals surface area contributed by atoms with E-state index in [2.05, 4.69) is 0 Å². The minimum atomic E-state index is -0.459. The van der Waals surface area contributed by atoms with Gasteiger partial charge in [0.15, 0.2) is 0 Å². The molecule has 6 nitrogen and oxygen atoms in total. The molecule has 0 unspecified atom stereocenters. The first-order valence-corrected chi connectivity index (χ1v) is 7.06. The highest BCUT2D eigenvalue weighted by molar-refractivity contribution is 5.44. The molecule has 0 radical (unpaired) electrons. The van der Waals surface area contributed by atoms with Crippen molar-refractivity contribution >= 4 is 5.69 Å². The molecule has 0 aliphatic carbocycles. The van der Waals surface area contributed by atoms with Crippen molar-refractivity contribution in [3.05, 3.63) is 63.7 Å². The zero-order chi connectivity index (χ0) is 16.8. The van der Waals surface area contributed by atoms with Crippen LogP contribution in [0.2, 0.25) is 0 Å². The van der Waals surface area contributed by atoms with Gasteiger partial charge < -0.3 is 9.47 Å². The largest absolute Gasteiger partial charge is 0.491 e. The number of non-ortho nitro benzene ring substituents is 1. The van der Waals surface area contributed by atoms with Gasteiger partial charge in [0.25, 0.3) is 5.69 Å². The second kappa shape index (κ2) is 7.27. The molecule has 0 saturated heterocycles. The lowest BCUT2D eigenvalue weighted by Gasteiger charge is -2.14. The molecule has 0 heterocycles. The molecule has 0 aliphatic rings. The van der Waals surface area contributed by atoms with Gasteiger partial charge in [-0.25, -0.2) is 0 Å². The van der Waals surface area contributed by atoms with E-state index in [4.69, 9.17) is 14.7 Å². The summed E-state index contributed by atoms with van der Waals surface area (Å²) in [7, 11) is 0. The Morgan fingerprint density at radius 2 is 2.04 bits per heavy atom. The molecular weight excluding hydrogens is 296 g/mol. The summed E-state index contributed by atoms with van der Waals surface area (Å²) in [5.74, 6) is 1.06. The normalized spacial score (nSPS) is 10.2. The fourth-order valence-electron chi connectivity index (χ4n) is 1.98. The molecular formula is C17H16N2O4. The van der Waals surface area contributed by atoms with Crippen LogP contribution in [0.4, 0.5) is 5.69 Å². The van der Waals surface area contributed by atoms with Crippen molar-refractivity contribution in [3.8, 4) is 17.6 Å². The zero-order valence-corrected chi connectivity index (χ0v) is 12.9. The van der Waals surface area contributed by atoms with E-state index in [1.807, 2.05) is 19.9 Å². The lowest BCUT2D eigenvalue weighted by atomic mass is 10.2. The predicted octanol–water partition coefficient (Wildman–Crippen LogP) is 3.83. The first-order valence-electron chi connectivity index (χ1n) is 7.06. The van der Waals surface area contributed by atoms with Crippen LogP contribution >= 0.6 is 0 Å². The molecule has 0 spiro atoms. The Morgan fingerprint density at radius 1 is 1.26 bits per heavy atom. The maximum absolute atomic E-state index is 10.9. The highest BCUT2D eigenvalue weighted by Gasteiger charge is 2.13. The van der Waals surface area contributed by atoms with Gasteiger partial charge in [-0.05, 0) is 38.1 Å². The Bertz CT molecular complexity index is 750. The smallest absolute Gasteiger partial charge is 0.270 e. The lowest BCUT2D eigenvalue weighted by molar-refractivity contribution is -0.385. The van der Waals surface area contributed by atoms with E-state index in [1.54, 1.807) is 30.3 Å². The van der Waals surface area contributed by atoms with Crippen LogP contribution < -0.4 is 9.47 Å². The van der Waals surface area contributed by atoms with Crippen molar-refractivity contribution < 1.29 is 14.4 Å². The third kappa shape index (κ3) is 4.45. The van der Waals surface area contributed by atoms with Gasteiger partial charge in [-0.2, -0.15) is 5.26 Å². The number of rotatable bonds is 6. The second-order valence-corrected chi connectivity index (χ2v) is 5.14. The topological polar surface area (TPSA) is 85.4 Å². The maximum Gasteiger partial charge on any atom is 0.270 e. The molecule has 0 N–H and O–H groups in total. The van der Waals surface area contributed by atoms with Crippen LogP contribution in [-0.4, -0.2) is 11.0 Å². The van der Waals surface area contributed by atoms with Crippen molar-refractivity contribution in [2.45, 2.75) is 26.6 Å². The molecule has 2 aromatic rings. The van der Waals surface area contributed by atoms with E-state index >= 15 is 0 Å². The maximum atomic E-state index is 10.9. The molecule has 0 aliphatic heterocycles. The van der Waals surface area contributed by atoms with Crippen LogP contribution in [-0.2, 0) is 6.61 Å². The van der Waals surface area contributed by atoms with Gasteiger partial charge in [0.1, 0.15) is 18.1 Å². The Kier molecular flexibility index (Phi) is 5.15. The van der Waals surface area contributed by atoms with E-state index in [1.165, 1.54) is 12.1 Å². The third-order valence-corrected chi connectivity index (χ3v) is 2.98. The Hall–Kier alpha value is -3.07. The van der Waals surface area contributed by atoms with Crippen LogP contribution in [0.3, 0.4) is 0 Å². The monoisotopic (exact) mass is 312 g/mol. The van der Waals surface area contributed by atoms with Gasteiger partial charge in [0.05, 0.1) is 22.7 Å². The lowest BCUT2D eigenvalue weighted by Crippen LogP contribution is -2.09. The number of nitrogens with zero attached hydrogens (tertiary/aromatic N) is 2. The van der Waals surface area contributed by atoms with Gasteiger partial charge in [0, 0.05) is 17.7 Å². The van der Waals surface area contributed by atoms with Crippen LogP contribution in [0.5, 0.6) is 11.5 Å². The fourth-order valence-corrected chi connectivity index (χ4v) is 1.98. The van der Waals surface area contributed by atoms with Crippen molar-refractivity contribution in [2.24, 2.45) is 0 Å². The Morgan fingerprint density at radius 3 is 2.70 bits per heavy atom. The number of hydrogen-bond donors (Lipinski definition) is 0. The fraction of sp³-hybridized carbons (Fsp3) is 0.235. The molecule has 0 fully saturated rings. The zero-order valence-electron chi connectivity index (χ0n) is 12.9. The van der Waals surface area contributed by atoms with Crippen molar-refractivity contribution in [2.75, 3.05) is 0 Å². The highest BCUT2D eigenvalue weighted by atomic mass is 16.6. The van der Waals surface area contributed by atoms with E-state index in [-0.39, 0.29) is 18.4 Å². The molecule has 6 heteroatoms. The van der Waals surface area contributed by atoms with E-state index in [9.17, 15) is 10.1 Å². The highest BCUT2D eigenvalue weighted by Crippen LogP contribution is 2.26. The van der Waals surface area contributed by atoms with Crippen LogP contribution in [0.15, 0.2) is 42.5 Å². The number of nitro groups is 1. The Balaban J connectivity index is 2.23. The molecule has 118 valence electrons. The molecule has 23 heavy (non-hydrogen) atoms. The van der Waals surface area contributed by atoms with Gasteiger partial charge in [-0.3, -0.25) is 10.1 Å². The molecule has 0 saturated carbocycles. The molecule has 0 atom stereocenters. The van der Waals surface area contributed by atoms with Crippen molar-refractivity contribution in [1.82, 2.24) is 0 Å². The third-order valence-electron chi connectivity index (χ3n) is 2.98. The summed E-state index contributed by atoms with van der Waals surface area (Å²) in [5.41, 5.74) is 1.04. The Labute approximate surface area is 134 Å². The summed E-state index contributed by atoms with van der Waals surface area (Å²) >= 11 is 0. The van der Waals surface area contributed by atoms with E-state index in [0.29, 0.717) is 22.6 Å². The summed E-state index contributed by atoms with van der Waals surface area (Å²) < 4.78 is 11.3. The molecule has 0 amide bonds. The predicted molar refractivity (Wildman–Crippen MR) is 84.3 cm³/mol. The number of nitro benzene ring substituents is 1. The number of benzene rings is 2. The van der Waals surface area contributed by atoms with Crippen molar-refractivity contribution in [1.29, 1.82) is 5.26 Å². The molecule has 2 rings (SSSR count). The van der Waals surface area contributed by atoms with Crippen molar-refractivity contribution in [3.63, 3.8) is 0 Å². The summed E-state index contributed by atoms with van der Waals surface area (Å²) in [6, 6.07) is 13.2. The second-order valence-electron chi connectivity index (χ2n) is 5.14.